The number of anilines is 2. The summed E-state index contributed by atoms with van der Waals surface area (Å²) in [4.78, 5) is 17.0. The standard InChI is InChI=1S/C20H12Cl3N3O3S3/c21-12-3-7-14(8-4-12)32(28,29)26-13-5-1-11(2-6-13)19(27)25-20-24-16(10-30-20)15-9-17(22)31-18(15)23/h1-10,26H,(H,24,25,27). The molecule has 0 unspecified atom stereocenters. The molecule has 4 rings (SSSR count). The van der Waals surface area contributed by atoms with Gasteiger partial charge in [0.1, 0.15) is 4.34 Å². The van der Waals surface area contributed by atoms with Gasteiger partial charge in [0, 0.05) is 27.2 Å². The number of nitrogens with zero attached hydrogens (tertiary/aromatic N) is 1. The first-order chi connectivity index (χ1) is 15.2. The fraction of sp³-hybridized carbons (Fsp3) is 0. The number of carbonyl (C=O) groups is 1. The molecular weight excluding hydrogens is 533 g/mol. The summed E-state index contributed by atoms with van der Waals surface area (Å²) in [5.41, 5.74) is 1.98. The zero-order valence-corrected chi connectivity index (χ0v) is 20.5. The van der Waals surface area contributed by atoms with E-state index in [1.807, 2.05) is 0 Å². The predicted octanol–water partition coefficient (Wildman–Crippen LogP) is 6.88. The van der Waals surface area contributed by atoms with Gasteiger partial charge < -0.3 is 0 Å². The largest absolute Gasteiger partial charge is 0.298 e. The first-order valence-electron chi connectivity index (χ1n) is 8.82. The predicted molar refractivity (Wildman–Crippen MR) is 132 cm³/mol. The lowest BCUT2D eigenvalue weighted by Crippen LogP contribution is -2.14. The van der Waals surface area contributed by atoms with Crippen molar-refractivity contribution in [3.63, 3.8) is 0 Å². The number of aromatic nitrogens is 1. The minimum absolute atomic E-state index is 0.0790. The lowest BCUT2D eigenvalue weighted by atomic mass is 10.2. The van der Waals surface area contributed by atoms with Crippen LogP contribution in [0.4, 0.5) is 10.8 Å². The van der Waals surface area contributed by atoms with Gasteiger partial charge in [0.05, 0.1) is 14.9 Å². The summed E-state index contributed by atoms with van der Waals surface area (Å²) in [7, 11) is -3.77. The lowest BCUT2D eigenvalue weighted by molar-refractivity contribution is 0.102. The van der Waals surface area contributed by atoms with Crippen LogP contribution in [-0.2, 0) is 10.0 Å². The van der Waals surface area contributed by atoms with E-state index in [9.17, 15) is 13.2 Å². The molecule has 1 amide bonds. The molecule has 2 aromatic carbocycles. The maximum absolute atomic E-state index is 12.5. The van der Waals surface area contributed by atoms with Gasteiger partial charge in [0.25, 0.3) is 15.9 Å². The number of rotatable bonds is 6. The molecule has 32 heavy (non-hydrogen) atoms. The van der Waals surface area contributed by atoms with E-state index in [1.165, 1.54) is 71.2 Å². The van der Waals surface area contributed by atoms with Crippen LogP contribution < -0.4 is 10.0 Å². The normalized spacial score (nSPS) is 11.3. The van der Waals surface area contributed by atoms with Crippen LogP contribution >= 0.6 is 57.5 Å². The van der Waals surface area contributed by atoms with E-state index in [2.05, 4.69) is 15.0 Å². The van der Waals surface area contributed by atoms with Gasteiger partial charge >= 0.3 is 0 Å². The van der Waals surface area contributed by atoms with Crippen LogP contribution in [0.5, 0.6) is 0 Å². The third kappa shape index (κ3) is 5.25. The maximum atomic E-state index is 12.5. The summed E-state index contributed by atoms with van der Waals surface area (Å²) in [5, 5.41) is 5.33. The number of hydrogen-bond acceptors (Lipinski definition) is 6. The Hall–Kier alpha value is -2.14. The number of benzene rings is 2. The smallest absolute Gasteiger partial charge is 0.261 e. The number of nitrogens with one attached hydrogen (secondary N) is 2. The Bertz CT molecular complexity index is 1380. The van der Waals surface area contributed by atoms with Gasteiger partial charge in [0.15, 0.2) is 5.13 Å². The summed E-state index contributed by atoms with van der Waals surface area (Å²) in [6.07, 6.45) is 0. The van der Waals surface area contributed by atoms with Gasteiger partial charge in [-0.15, -0.1) is 22.7 Å². The Morgan fingerprint density at radius 2 is 1.66 bits per heavy atom. The molecule has 6 nitrogen and oxygen atoms in total. The second-order valence-electron chi connectivity index (χ2n) is 6.37. The molecule has 2 aromatic heterocycles. The maximum Gasteiger partial charge on any atom is 0.261 e. The molecule has 0 aliphatic carbocycles. The number of carbonyl (C=O) groups excluding carboxylic acids is 1. The van der Waals surface area contributed by atoms with Gasteiger partial charge in [-0.2, -0.15) is 0 Å². The van der Waals surface area contributed by atoms with Gasteiger partial charge in [-0.25, -0.2) is 13.4 Å². The number of thiophene rings is 1. The van der Waals surface area contributed by atoms with Crippen molar-refractivity contribution in [3.05, 3.63) is 79.2 Å². The van der Waals surface area contributed by atoms with Crippen molar-refractivity contribution in [1.82, 2.24) is 4.98 Å². The average molecular weight is 545 g/mol. The first kappa shape index (κ1) is 23.0. The van der Waals surface area contributed by atoms with Crippen molar-refractivity contribution in [2.24, 2.45) is 0 Å². The van der Waals surface area contributed by atoms with Gasteiger partial charge in [0.2, 0.25) is 0 Å². The summed E-state index contributed by atoms with van der Waals surface area (Å²) in [5.74, 6) is -0.382. The molecule has 0 bridgehead atoms. The highest BCUT2D eigenvalue weighted by Crippen LogP contribution is 2.39. The highest BCUT2D eigenvalue weighted by molar-refractivity contribution is 7.92. The number of halogens is 3. The van der Waals surface area contributed by atoms with E-state index < -0.39 is 10.0 Å². The van der Waals surface area contributed by atoms with Crippen LogP contribution in [0.3, 0.4) is 0 Å². The van der Waals surface area contributed by atoms with E-state index >= 15 is 0 Å². The molecule has 0 aliphatic heterocycles. The van der Waals surface area contributed by atoms with E-state index in [-0.39, 0.29) is 10.8 Å². The van der Waals surface area contributed by atoms with Crippen molar-refractivity contribution < 1.29 is 13.2 Å². The monoisotopic (exact) mass is 543 g/mol. The second kappa shape index (κ2) is 9.38. The molecule has 0 spiro atoms. The van der Waals surface area contributed by atoms with E-state index in [1.54, 1.807) is 11.4 Å². The second-order valence-corrected chi connectivity index (χ2v) is 11.6. The summed E-state index contributed by atoms with van der Waals surface area (Å²) >= 11 is 20.4. The Labute approximate surface area is 206 Å². The number of thiazole rings is 1. The molecule has 0 atom stereocenters. The fourth-order valence-electron chi connectivity index (χ4n) is 2.66. The average Bonchev–Trinajstić information content (AvgIpc) is 3.34. The van der Waals surface area contributed by atoms with Crippen LogP contribution in [0.1, 0.15) is 10.4 Å². The van der Waals surface area contributed by atoms with Crippen molar-refractivity contribution >= 4 is 84.2 Å². The topological polar surface area (TPSA) is 88.2 Å². The number of hydrogen-bond donors (Lipinski definition) is 2. The van der Waals surface area contributed by atoms with Crippen LogP contribution in [-0.4, -0.2) is 19.3 Å². The third-order valence-electron chi connectivity index (χ3n) is 4.18. The van der Waals surface area contributed by atoms with Gasteiger partial charge in [-0.05, 0) is 54.6 Å². The minimum atomic E-state index is -3.77. The lowest BCUT2D eigenvalue weighted by Gasteiger charge is -2.09. The van der Waals surface area contributed by atoms with Crippen molar-refractivity contribution in [3.8, 4) is 11.3 Å². The highest BCUT2D eigenvalue weighted by Gasteiger charge is 2.16. The Morgan fingerprint density at radius 1 is 0.969 bits per heavy atom. The molecule has 4 aromatic rings. The van der Waals surface area contributed by atoms with Crippen LogP contribution in [0.25, 0.3) is 11.3 Å². The highest BCUT2D eigenvalue weighted by atomic mass is 35.5. The zero-order valence-electron chi connectivity index (χ0n) is 15.8. The molecule has 0 fully saturated rings. The first-order valence-corrected chi connectivity index (χ1v) is 13.1. The third-order valence-corrected chi connectivity index (χ3v) is 8.08. The van der Waals surface area contributed by atoms with Crippen LogP contribution in [0.15, 0.2) is 64.9 Å². The number of amides is 1. The number of sulfonamides is 1. The summed E-state index contributed by atoms with van der Waals surface area (Å²) in [6.45, 7) is 0. The zero-order chi connectivity index (χ0) is 22.9. The Morgan fingerprint density at radius 3 is 2.28 bits per heavy atom. The van der Waals surface area contributed by atoms with E-state index in [4.69, 9.17) is 34.8 Å². The van der Waals surface area contributed by atoms with Crippen molar-refractivity contribution in [2.45, 2.75) is 4.90 Å². The molecule has 0 radical (unpaired) electrons. The van der Waals surface area contributed by atoms with E-state index in [0.29, 0.717) is 41.3 Å². The molecule has 2 heterocycles. The molecule has 12 heteroatoms. The molecule has 0 aliphatic rings. The minimum Gasteiger partial charge on any atom is -0.298 e. The van der Waals surface area contributed by atoms with Crippen LogP contribution in [0, 0.1) is 0 Å². The van der Waals surface area contributed by atoms with Gasteiger partial charge in [-0.3, -0.25) is 14.8 Å². The Kier molecular flexibility index (Phi) is 6.75. The molecular formula is C20H12Cl3N3O3S3. The molecule has 164 valence electrons. The van der Waals surface area contributed by atoms with Gasteiger partial charge in [-0.1, -0.05) is 34.8 Å². The van der Waals surface area contributed by atoms with Crippen LogP contribution in [0.2, 0.25) is 13.7 Å². The molecule has 0 saturated carbocycles. The Balaban J connectivity index is 1.43. The summed E-state index contributed by atoms with van der Waals surface area (Å²) in [6, 6.07) is 13.6. The molecule has 0 saturated heterocycles. The summed E-state index contributed by atoms with van der Waals surface area (Å²) < 4.78 is 28.5. The quantitative estimate of drug-likeness (QED) is 0.277. The van der Waals surface area contributed by atoms with E-state index in [0.717, 1.165) is 0 Å². The van der Waals surface area contributed by atoms with Crippen molar-refractivity contribution in [1.29, 1.82) is 0 Å². The fourth-order valence-corrected chi connectivity index (χ4v) is 6.03. The molecule has 2 N–H and O–H groups in total. The SMILES string of the molecule is O=C(Nc1nc(-c2cc(Cl)sc2Cl)cs1)c1ccc(NS(=O)(=O)c2ccc(Cl)cc2)cc1. The van der Waals surface area contributed by atoms with Crippen molar-refractivity contribution in [2.75, 3.05) is 10.0 Å².